The van der Waals surface area contributed by atoms with E-state index in [0.29, 0.717) is 0 Å². The van der Waals surface area contributed by atoms with E-state index in [-0.39, 0.29) is 31.9 Å². The summed E-state index contributed by atoms with van der Waals surface area (Å²) in [7, 11) is 1.62. The topological polar surface area (TPSA) is 166 Å². The van der Waals surface area contributed by atoms with Gasteiger partial charge in [0, 0.05) is 24.5 Å². The molecule has 5 atom stereocenters. The van der Waals surface area contributed by atoms with Crippen LogP contribution in [-0.4, -0.2) is 80.5 Å². The van der Waals surface area contributed by atoms with Crippen LogP contribution >= 0.6 is 22.7 Å². The zero-order valence-electron chi connectivity index (χ0n) is 28.0. The van der Waals surface area contributed by atoms with Gasteiger partial charge in [-0.25, -0.2) is 14.6 Å². The second kappa shape index (κ2) is 18.4. The first kappa shape index (κ1) is 37.4. The molecule has 0 unspecified atom stereocenters. The molecule has 4 rings (SSSR count). The third-order valence-corrected chi connectivity index (χ3v) is 9.72. The lowest BCUT2D eigenvalue weighted by atomic mass is 9.91. The number of thiazole rings is 2. The Bertz CT molecular complexity index is 1610. The van der Waals surface area contributed by atoms with Gasteiger partial charge < -0.3 is 35.8 Å². The first-order valence-electron chi connectivity index (χ1n) is 16.0. The normalized spacial score (nSPS) is 14.3. The molecule has 2 aromatic carbocycles. The first-order valence-corrected chi connectivity index (χ1v) is 17.8. The number of benzene rings is 2. The number of carbonyl (C=O) groups excluding carboxylic acids is 3. The maximum absolute atomic E-state index is 13.5. The molecule has 0 saturated heterocycles. The van der Waals surface area contributed by atoms with E-state index in [4.69, 9.17) is 4.74 Å². The van der Waals surface area contributed by atoms with E-state index < -0.39 is 48.4 Å². The zero-order chi connectivity index (χ0) is 35.3. The maximum atomic E-state index is 13.5. The molecule has 0 aliphatic carbocycles. The molecule has 14 heteroatoms. The lowest BCUT2D eigenvalue weighted by Crippen LogP contribution is -2.59. The van der Waals surface area contributed by atoms with Gasteiger partial charge in [0.15, 0.2) is 0 Å². The van der Waals surface area contributed by atoms with Crippen molar-refractivity contribution in [1.29, 1.82) is 0 Å². The summed E-state index contributed by atoms with van der Waals surface area (Å²) in [6.45, 7) is 5.93. The SMILES string of the molecule is CC(C)c1nc(CN(C)C(=O)N[C@@H](C)C(=O)N[C@@H](Cc2ccccc2)[C@@H](O)[C@H](O)[C@H](Cc2ccccc2)NC(=O)OCc2cncs2)cs1. The number of alkyl carbamates (subject to hydrolysis) is 1. The fraction of sp³-hybridized carbons (Fsp3) is 0.400. The number of hydrogen-bond acceptors (Lipinski definition) is 10. The number of amides is 4. The Kier molecular flexibility index (Phi) is 14.1. The summed E-state index contributed by atoms with van der Waals surface area (Å²) in [4.78, 5) is 50.0. The van der Waals surface area contributed by atoms with Gasteiger partial charge in [-0.2, -0.15) is 0 Å². The second-order valence-corrected chi connectivity index (χ2v) is 14.0. The van der Waals surface area contributed by atoms with Gasteiger partial charge in [0.05, 0.1) is 39.7 Å². The molecule has 2 aromatic heterocycles. The Hall–Kier alpha value is -4.37. The molecule has 2 heterocycles. The molecular weight excluding hydrogens is 665 g/mol. The minimum Gasteiger partial charge on any atom is -0.444 e. The largest absolute Gasteiger partial charge is 0.444 e. The van der Waals surface area contributed by atoms with Crippen LogP contribution in [0.5, 0.6) is 0 Å². The van der Waals surface area contributed by atoms with Gasteiger partial charge in [-0.05, 0) is 30.9 Å². The number of aliphatic hydroxyl groups excluding tert-OH is 2. The van der Waals surface area contributed by atoms with E-state index in [2.05, 4.69) is 39.8 Å². The summed E-state index contributed by atoms with van der Waals surface area (Å²) in [5, 5.41) is 34.3. The van der Waals surface area contributed by atoms with Crippen molar-refractivity contribution >= 4 is 40.7 Å². The molecule has 5 N–H and O–H groups in total. The highest BCUT2D eigenvalue weighted by atomic mass is 32.1. The van der Waals surface area contributed by atoms with Crippen molar-refractivity contribution in [2.45, 2.75) is 83.0 Å². The fourth-order valence-corrected chi connectivity index (χ4v) is 6.35. The van der Waals surface area contributed by atoms with Crippen molar-refractivity contribution in [3.05, 3.63) is 104 Å². The summed E-state index contributed by atoms with van der Waals surface area (Å²) < 4.78 is 5.35. The van der Waals surface area contributed by atoms with Gasteiger partial charge in [0.25, 0.3) is 0 Å². The standard InChI is InChI=1S/C35H44N6O6S2/c1-22(2)33-38-26(20-48-33)18-41(4)34(45)37-23(3)32(44)39-28(15-24-11-7-5-8-12-24)30(42)31(43)29(16-25-13-9-6-10-14-25)40-35(46)47-19-27-17-36-21-49-27/h5-14,17,20-23,28-31,42-43H,15-16,18-19H2,1-4H3,(H,37,45)(H,39,44)(H,40,46)/t23-,28-,29-,30+,31+/m0/s1. The molecular formula is C35H44N6O6S2. The highest BCUT2D eigenvalue weighted by molar-refractivity contribution is 7.09. The van der Waals surface area contributed by atoms with Crippen LogP contribution in [-0.2, 0) is 35.5 Å². The molecule has 0 aliphatic heterocycles. The Labute approximate surface area is 294 Å². The Balaban J connectivity index is 1.45. The van der Waals surface area contributed by atoms with Crippen molar-refractivity contribution in [3.8, 4) is 0 Å². The molecule has 49 heavy (non-hydrogen) atoms. The number of ether oxygens (including phenoxy) is 1. The summed E-state index contributed by atoms with van der Waals surface area (Å²) >= 11 is 2.88. The lowest BCUT2D eigenvalue weighted by Gasteiger charge is -2.33. The van der Waals surface area contributed by atoms with Gasteiger partial charge in [0.2, 0.25) is 5.91 Å². The predicted molar refractivity (Wildman–Crippen MR) is 189 cm³/mol. The molecule has 0 fully saturated rings. The molecule has 0 saturated carbocycles. The fourth-order valence-electron chi connectivity index (χ4n) is 5.01. The van der Waals surface area contributed by atoms with Gasteiger partial charge in [-0.15, -0.1) is 22.7 Å². The van der Waals surface area contributed by atoms with E-state index in [1.165, 1.54) is 27.6 Å². The van der Waals surface area contributed by atoms with Crippen molar-refractivity contribution in [1.82, 2.24) is 30.8 Å². The number of nitrogens with zero attached hydrogens (tertiary/aromatic N) is 3. The van der Waals surface area contributed by atoms with Crippen LogP contribution in [0.2, 0.25) is 0 Å². The maximum Gasteiger partial charge on any atom is 0.407 e. The second-order valence-electron chi connectivity index (χ2n) is 12.1. The van der Waals surface area contributed by atoms with Crippen LogP contribution in [0.3, 0.4) is 0 Å². The summed E-state index contributed by atoms with van der Waals surface area (Å²) in [6.07, 6.45) is -1.87. The van der Waals surface area contributed by atoms with Crippen molar-refractivity contribution < 1.29 is 29.3 Å². The number of urea groups is 1. The molecule has 0 bridgehead atoms. The quantitative estimate of drug-likeness (QED) is 0.115. The number of aliphatic hydroxyl groups is 2. The van der Waals surface area contributed by atoms with E-state index in [1.54, 1.807) is 25.7 Å². The molecule has 0 aliphatic rings. The van der Waals surface area contributed by atoms with Gasteiger partial charge in [-0.3, -0.25) is 9.78 Å². The van der Waals surface area contributed by atoms with Crippen molar-refractivity contribution in [2.24, 2.45) is 0 Å². The average molecular weight is 709 g/mol. The number of rotatable bonds is 16. The van der Waals surface area contributed by atoms with Crippen LogP contribution in [0.1, 0.15) is 53.4 Å². The smallest absolute Gasteiger partial charge is 0.407 e. The number of hydrogen-bond donors (Lipinski definition) is 5. The predicted octanol–water partition coefficient (Wildman–Crippen LogP) is 4.24. The third-order valence-electron chi connectivity index (χ3n) is 7.77. The number of aromatic nitrogens is 2. The molecule has 0 radical (unpaired) electrons. The van der Waals surface area contributed by atoms with Crippen LogP contribution in [0.4, 0.5) is 9.59 Å². The van der Waals surface area contributed by atoms with E-state index in [9.17, 15) is 24.6 Å². The Morgan fingerprint density at radius 2 is 1.45 bits per heavy atom. The summed E-state index contributed by atoms with van der Waals surface area (Å²) in [5.41, 5.74) is 4.00. The van der Waals surface area contributed by atoms with Crippen LogP contribution < -0.4 is 16.0 Å². The van der Waals surface area contributed by atoms with Gasteiger partial charge >= 0.3 is 12.1 Å². The lowest BCUT2D eigenvalue weighted by molar-refractivity contribution is -0.125. The van der Waals surface area contributed by atoms with Gasteiger partial charge in [-0.1, -0.05) is 74.5 Å². The van der Waals surface area contributed by atoms with Crippen LogP contribution in [0.25, 0.3) is 0 Å². The van der Waals surface area contributed by atoms with E-state index in [1.807, 2.05) is 66.0 Å². The number of carbonyl (C=O) groups is 3. The van der Waals surface area contributed by atoms with Crippen molar-refractivity contribution in [2.75, 3.05) is 7.05 Å². The van der Waals surface area contributed by atoms with E-state index >= 15 is 0 Å². The van der Waals surface area contributed by atoms with E-state index in [0.717, 1.165) is 26.7 Å². The minimum atomic E-state index is -1.52. The molecule has 4 aromatic rings. The molecule has 12 nitrogen and oxygen atoms in total. The zero-order valence-corrected chi connectivity index (χ0v) is 29.6. The average Bonchev–Trinajstić information content (AvgIpc) is 3.80. The molecule has 4 amide bonds. The number of nitrogens with one attached hydrogen (secondary N) is 3. The highest BCUT2D eigenvalue weighted by Gasteiger charge is 2.35. The highest BCUT2D eigenvalue weighted by Crippen LogP contribution is 2.20. The van der Waals surface area contributed by atoms with Crippen LogP contribution in [0.15, 0.2) is 77.8 Å². The Morgan fingerprint density at radius 1 is 0.857 bits per heavy atom. The first-order chi connectivity index (χ1) is 23.5. The van der Waals surface area contributed by atoms with Crippen molar-refractivity contribution in [3.63, 3.8) is 0 Å². The monoisotopic (exact) mass is 708 g/mol. The van der Waals surface area contributed by atoms with Gasteiger partial charge in [0.1, 0.15) is 24.9 Å². The summed E-state index contributed by atoms with van der Waals surface area (Å²) in [6, 6.07) is 15.0. The summed E-state index contributed by atoms with van der Waals surface area (Å²) in [5.74, 6) is -0.270. The molecule has 0 spiro atoms. The Morgan fingerprint density at radius 3 is 1.98 bits per heavy atom. The molecule has 262 valence electrons. The van der Waals surface area contributed by atoms with Crippen LogP contribution in [0, 0.1) is 0 Å². The third kappa shape index (κ3) is 11.6. The minimum absolute atomic E-state index is 0.00144.